The van der Waals surface area contributed by atoms with Crippen LogP contribution in [0.1, 0.15) is 32.8 Å². The van der Waals surface area contributed by atoms with Gasteiger partial charge in [0.05, 0.1) is 10.7 Å². The first-order valence-corrected chi connectivity index (χ1v) is 7.10. The molecule has 1 aliphatic rings. The molecule has 0 bridgehead atoms. The largest absolute Gasteiger partial charge is 0.398 e. The highest BCUT2D eigenvalue weighted by Crippen LogP contribution is 2.36. The molecule has 2 rings (SSSR count). The highest BCUT2D eigenvalue weighted by Gasteiger charge is 2.29. The van der Waals surface area contributed by atoms with Crippen molar-refractivity contribution in [2.75, 3.05) is 17.2 Å². The minimum absolute atomic E-state index is 0.555. The summed E-state index contributed by atoms with van der Waals surface area (Å²) >= 11 is 6.17. The van der Waals surface area contributed by atoms with E-state index in [0.717, 1.165) is 12.5 Å². The van der Waals surface area contributed by atoms with Gasteiger partial charge in [0.25, 0.3) is 0 Å². The van der Waals surface area contributed by atoms with Crippen molar-refractivity contribution in [3.63, 3.8) is 0 Å². The van der Waals surface area contributed by atoms with Gasteiger partial charge in [-0.1, -0.05) is 25.4 Å². The van der Waals surface area contributed by atoms with Crippen molar-refractivity contribution in [2.24, 2.45) is 11.8 Å². The first-order chi connectivity index (χ1) is 8.40. The first-order valence-electron chi connectivity index (χ1n) is 6.72. The third-order valence-corrected chi connectivity index (χ3v) is 4.55. The van der Waals surface area contributed by atoms with Gasteiger partial charge in [0.15, 0.2) is 0 Å². The molecule has 1 aromatic carbocycles. The van der Waals surface area contributed by atoms with Gasteiger partial charge in [0.1, 0.15) is 0 Å². The second kappa shape index (κ2) is 5.00. The van der Waals surface area contributed by atoms with E-state index in [1.807, 2.05) is 12.1 Å². The van der Waals surface area contributed by atoms with Gasteiger partial charge in [-0.15, -0.1) is 0 Å². The van der Waals surface area contributed by atoms with Gasteiger partial charge in [0, 0.05) is 18.3 Å². The predicted molar refractivity (Wildman–Crippen MR) is 80.4 cm³/mol. The Hall–Kier alpha value is -0.890. The molecule has 0 aliphatic carbocycles. The number of hydrogen-bond donors (Lipinski definition) is 1. The molecule has 18 heavy (non-hydrogen) atoms. The van der Waals surface area contributed by atoms with E-state index in [0.29, 0.717) is 22.7 Å². The van der Waals surface area contributed by atoms with E-state index in [1.165, 1.54) is 17.7 Å². The SMILES string of the molecule is Cc1cc(N)c(Cl)cc1N1CC(C)CC(C)C1C. The van der Waals surface area contributed by atoms with Crippen LogP contribution in [0.2, 0.25) is 5.02 Å². The number of anilines is 2. The monoisotopic (exact) mass is 266 g/mol. The Kier molecular flexibility index (Phi) is 3.76. The van der Waals surface area contributed by atoms with Crippen LogP contribution >= 0.6 is 11.6 Å². The number of hydrogen-bond acceptors (Lipinski definition) is 2. The Bertz CT molecular complexity index is 444. The van der Waals surface area contributed by atoms with E-state index < -0.39 is 0 Å². The van der Waals surface area contributed by atoms with Crippen molar-refractivity contribution in [3.8, 4) is 0 Å². The Labute approximate surface area is 115 Å². The summed E-state index contributed by atoms with van der Waals surface area (Å²) in [4.78, 5) is 2.49. The van der Waals surface area contributed by atoms with E-state index in [9.17, 15) is 0 Å². The zero-order valence-corrected chi connectivity index (χ0v) is 12.5. The zero-order chi connectivity index (χ0) is 13.4. The lowest BCUT2D eigenvalue weighted by Crippen LogP contribution is -2.46. The number of nitrogens with zero attached hydrogens (tertiary/aromatic N) is 1. The van der Waals surface area contributed by atoms with Crippen LogP contribution in [0.3, 0.4) is 0 Å². The zero-order valence-electron chi connectivity index (χ0n) is 11.7. The smallest absolute Gasteiger partial charge is 0.0656 e. The van der Waals surface area contributed by atoms with Crippen LogP contribution in [0, 0.1) is 18.8 Å². The summed E-state index contributed by atoms with van der Waals surface area (Å²) in [5.41, 5.74) is 8.98. The van der Waals surface area contributed by atoms with Crippen LogP contribution in [0.15, 0.2) is 12.1 Å². The number of nitrogens with two attached hydrogens (primary N) is 1. The van der Waals surface area contributed by atoms with Gasteiger partial charge in [-0.3, -0.25) is 0 Å². The number of halogens is 1. The number of rotatable bonds is 1. The summed E-state index contributed by atoms with van der Waals surface area (Å²) in [7, 11) is 0. The van der Waals surface area contributed by atoms with Gasteiger partial charge in [-0.25, -0.2) is 0 Å². The maximum absolute atomic E-state index is 6.17. The lowest BCUT2D eigenvalue weighted by molar-refractivity contribution is 0.297. The average molecular weight is 267 g/mol. The predicted octanol–water partition coefficient (Wildman–Crippen LogP) is 4.10. The third kappa shape index (κ3) is 2.44. The summed E-state index contributed by atoms with van der Waals surface area (Å²) in [6.45, 7) is 10.2. The van der Waals surface area contributed by atoms with Crippen molar-refractivity contribution >= 4 is 23.0 Å². The van der Waals surface area contributed by atoms with E-state index >= 15 is 0 Å². The van der Waals surface area contributed by atoms with Gasteiger partial charge in [-0.05, 0) is 49.8 Å². The molecule has 0 spiro atoms. The molecular formula is C15H23ClN2. The number of aryl methyl sites for hydroxylation is 1. The Morgan fingerprint density at radius 2 is 1.94 bits per heavy atom. The van der Waals surface area contributed by atoms with Crippen LogP contribution in [-0.2, 0) is 0 Å². The first kappa shape index (κ1) is 13.5. The second-order valence-electron chi connectivity index (χ2n) is 5.87. The summed E-state index contributed by atoms with van der Waals surface area (Å²) in [6.07, 6.45) is 1.30. The molecule has 1 saturated heterocycles. The maximum atomic E-state index is 6.17. The number of piperidine rings is 1. The molecule has 0 radical (unpaired) electrons. The molecule has 0 saturated carbocycles. The molecule has 3 unspecified atom stereocenters. The molecule has 0 aromatic heterocycles. The summed E-state index contributed by atoms with van der Waals surface area (Å²) < 4.78 is 0. The standard InChI is InChI=1S/C15H23ClN2/c1-9-5-10(2)12(4)18(8-9)15-7-13(16)14(17)6-11(15)3/h6-7,9-10,12H,5,8,17H2,1-4H3. The summed E-state index contributed by atoms with van der Waals surface area (Å²) in [5.74, 6) is 1.44. The van der Waals surface area contributed by atoms with Crippen LogP contribution in [0.4, 0.5) is 11.4 Å². The topological polar surface area (TPSA) is 29.3 Å². The van der Waals surface area contributed by atoms with Gasteiger partial charge >= 0.3 is 0 Å². The lowest BCUT2D eigenvalue weighted by Gasteiger charge is -2.43. The van der Waals surface area contributed by atoms with Crippen LogP contribution in [-0.4, -0.2) is 12.6 Å². The minimum Gasteiger partial charge on any atom is -0.398 e. The molecule has 1 fully saturated rings. The molecule has 1 heterocycles. The molecule has 2 N–H and O–H groups in total. The van der Waals surface area contributed by atoms with E-state index in [2.05, 4.69) is 32.6 Å². The molecule has 2 nitrogen and oxygen atoms in total. The molecule has 1 aliphatic heterocycles. The minimum atomic E-state index is 0.555. The van der Waals surface area contributed by atoms with E-state index in [-0.39, 0.29) is 0 Å². The highest BCUT2D eigenvalue weighted by atomic mass is 35.5. The number of nitrogen functional groups attached to an aromatic ring is 1. The van der Waals surface area contributed by atoms with Crippen LogP contribution in [0.25, 0.3) is 0 Å². The third-order valence-electron chi connectivity index (χ3n) is 4.22. The lowest BCUT2D eigenvalue weighted by atomic mass is 9.85. The van der Waals surface area contributed by atoms with Gasteiger partial charge in [0.2, 0.25) is 0 Å². The maximum Gasteiger partial charge on any atom is 0.0656 e. The van der Waals surface area contributed by atoms with Crippen LogP contribution < -0.4 is 10.6 Å². The number of benzene rings is 1. The van der Waals surface area contributed by atoms with Crippen molar-refractivity contribution in [3.05, 3.63) is 22.7 Å². The molecule has 100 valence electrons. The van der Waals surface area contributed by atoms with Crippen molar-refractivity contribution in [2.45, 2.75) is 40.2 Å². The van der Waals surface area contributed by atoms with Crippen molar-refractivity contribution in [1.82, 2.24) is 0 Å². The summed E-state index contributed by atoms with van der Waals surface area (Å²) in [6, 6.07) is 4.56. The van der Waals surface area contributed by atoms with Gasteiger partial charge < -0.3 is 10.6 Å². The Morgan fingerprint density at radius 1 is 1.28 bits per heavy atom. The van der Waals surface area contributed by atoms with Crippen molar-refractivity contribution < 1.29 is 0 Å². The average Bonchev–Trinajstić information content (AvgIpc) is 2.29. The highest BCUT2D eigenvalue weighted by molar-refractivity contribution is 6.33. The fourth-order valence-electron chi connectivity index (χ4n) is 3.04. The van der Waals surface area contributed by atoms with E-state index in [1.54, 1.807) is 0 Å². The molecule has 3 heteroatoms. The molecule has 0 amide bonds. The molecule has 3 atom stereocenters. The van der Waals surface area contributed by atoms with E-state index in [4.69, 9.17) is 17.3 Å². The normalized spacial score (nSPS) is 28.5. The Morgan fingerprint density at radius 3 is 2.61 bits per heavy atom. The molecular weight excluding hydrogens is 244 g/mol. The second-order valence-corrected chi connectivity index (χ2v) is 6.28. The Balaban J connectivity index is 2.38. The fourth-order valence-corrected chi connectivity index (χ4v) is 3.19. The fraction of sp³-hybridized carbons (Fsp3) is 0.600. The van der Waals surface area contributed by atoms with Crippen molar-refractivity contribution in [1.29, 1.82) is 0 Å². The molecule has 1 aromatic rings. The summed E-state index contributed by atoms with van der Waals surface area (Å²) in [5, 5.41) is 0.661. The van der Waals surface area contributed by atoms with Gasteiger partial charge in [-0.2, -0.15) is 0 Å². The quantitative estimate of drug-likeness (QED) is 0.776. The van der Waals surface area contributed by atoms with Crippen LogP contribution in [0.5, 0.6) is 0 Å².